The number of hydrogen-bond acceptors (Lipinski definition) is 3. The highest BCUT2D eigenvalue weighted by Gasteiger charge is 2.29. The Labute approximate surface area is 198 Å². The number of amides is 2. The molecule has 31 heavy (non-hydrogen) atoms. The predicted octanol–water partition coefficient (Wildman–Crippen LogP) is 5.61. The maximum absolute atomic E-state index is 13.1. The van der Waals surface area contributed by atoms with E-state index in [-0.39, 0.29) is 25.0 Å². The van der Waals surface area contributed by atoms with Crippen molar-refractivity contribution in [2.24, 2.45) is 5.92 Å². The van der Waals surface area contributed by atoms with Crippen LogP contribution in [0.15, 0.2) is 42.5 Å². The van der Waals surface area contributed by atoms with E-state index in [1.165, 1.54) is 4.90 Å². The van der Waals surface area contributed by atoms with Crippen LogP contribution in [0.3, 0.4) is 0 Å². The molecule has 8 heteroatoms. The third-order valence-corrected chi connectivity index (χ3v) is 5.57. The molecule has 0 saturated heterocycles. The van der Waals surface area contributed by atoms with Crippen LogP contribution in [-0.4, -0.2) is 35.9 Å². The van der Waals surface area contributed by atoms with Gasteiger partial charge in [-0.05, 0) is 54.3 Å². The average Bonchev–Trinajstić information content (AvgIpc) is 2.74. The van der Waals surface area contributed by atoms with Crippen LogP contribution in [0, 0.1) is 5.92 Å². The van der Waals surface area contributed by atoms with Gasteiger partial charge in [-0.25, -0.2) is 0 Å². The number of rotatable bonds is 10. The summed E-state index contributed by atoms with van der Waals surface area (Å²) in [6.07, 6.45) is 0.456. The molecule has 0 fully saturated rings. The minimum absolute atomic E-state index is 0.198. The topological polar surface area (TPSA) is 58.6 Å². The van der Waals surface area contributed by atoms with Gasteiger partial charge in [-0.15, -0.1) is 0 Å². The highest BCUT2D eigenvalue weighted by Crippen LogP contribution is 2.24. The minimum atomic E-state index is -0.644. The molecule has 2 rings (SSSR count). The SMILES string of the molecule is CC[C@@H](C(=O)NCC(C)C)N(Cc1ccc(Cl)c(Cl)c1)C(=O)COc1ccc(Cl)cc1. The van der Waals surface area contributed by atoms with Gasteiger partial charge in [-0.1, -0.05) is 61.6 Å². The van der Waals surface area contributed by atoms with Crippen molar-refractivity contribution >= 4 is 46.6 Å². The molecule has 2 aromatic rings. The van der Waals surface area contributed by atoms with Crippen LogP contribution in [-0.2, 0) is 16.1 Å². The van der Waals surface area contributed by atoms with E-state index < -0.39 is 6.04 Å². The normalized spacial score (nSPS) is 11.8. The van der Waals surface area contributed by atoms with Crippen LogP contribution in [0.5, 0.6) is 5.75 Å². The van der Waals surface area contributed by atoms with E-state index in [2.05, 4.69) is 5.32 Å². The van der Waals surface area contributed by atoms with Gasteiger partial charge in [-0.3, -0.25) is 9.59 Å². The molecule has 168 valence electrons. The molecule has 5 nitrogen and oxygen atoms in total. The molecule has 1 N–H and O–H groups in total. The standard InChI is InChI=1S/C23H27Cl3N2O3/c1-4-21(23(30)27-12-15(2)3)28(13-16-5-10-19(25)20(26)11-16)22(29)14-31-18-8-6-17(24)7-9-18/h5-11,15,21H,4,12-14H2,1-3H3,(H,27,30)/t21-/m0/s1. The smallest absolute Gasteiger partial charge is 0.261 e. The predicted molar refractivity (Wildman–Crippen MR) is 126 cm³/mol. The monoisotopic (exact) mass is 484 g/mol. The molecule has 0 spiro atoms. The summed E-state index contributed by atoms with van der Waals surface area (Å²) in [5, 5.41) is 4.31. The van der Waals surface area contributed by atoms with Crippen molar-refractivity contribution in [1.82, 2.24) is 10.2 Å². The summed E-state index contributed by atoms with van der Waals surface area (Å²) in [4.78, 5) is 27.5. The third kappa shape index (κ3) is 7.91. The number of nitrogens with one attached hydrogen (secondary N) is 1. The van der Waals surface area contributed by atoms with Crippen LogP contribution in [0.25, 0.3) is 0 Å². The molecular weight excluding hydrogens is 459 g/mol. The Morgan fingerprint density at radius 3 is 2.29 bits per heavy atom. The molecule has 0 aliphatic carbocycles. The molecule has 0 aliphatic heterocycles. The average molecular weight is 486 g/mol. The Morgan fingerprint density at radius 2 is 1.71 bits per heavy atom. The lowest BCUT2D eigenvalue weighted by Gasteiger charge is -2.31. The zero-order valence-corrected chi connectivity index (χ0v) is 20.1. The van der Waals surface area contributed by atoms with Gasteiger partial charge in [0.15, 0.2) is 6.61 Å². The van der Waals surface area contributed by atoms with E-state index in [4.69, 9.17) is 39.5 Å². The molecular formula is C23H27Cl3N2O3. The Kier molecular flexibility index (Phi) is 9.94. The summed E-state index contributed by atoms with van der Waals surface area (Å²) in [7, 11) is 0. The molecule has 2 aromatic carbocycles. The van der Waals surface area contributed by atoms with E-state index in [0.29, 0.717) is 39.7 Å². The van der Waals surface area contributed by atoms with Crippen molar-refractivity contribution in [3.63, 3.8) is 0 Å². The maximum Gasteiger partial charge on any atom is 0.261 e. The molecule has 2 amide bonds. The molecule has 0 heterocycles. The van der Waals surface area contributed by atoms with E-state index >= 15 is 0 Å². The fourth-order valence-electron chi connectivity index (χ4n) is 2.94. The van der Waals surface area contributed by atoms with Crippen LogP contribution < -0.4 is 10.1 Å². The van der Waals surface area contributed by atoms with E-state index in [0.717, 1.165) is 5.56 Å². The third-order valence-electron chi connectivity index (χ3n) is 4.58. The highest BCUT2D eigenvalue weighted by molar-refractivity contribution is 6.42. The molecule has 0 bridgehead atoms. The first-order valence-electron chi connectivity index (χ1n) is 10.1. The largest absolute Gasteiger partial charge is 0.484 e. The van der Waals surface area contributed by atoms with Crippen molar-refractivity contribution in [3.05, 3.63) is 63.1 Å². The van der Waals surface area contributed by atoms with Crippen molar-refractivity contribution in [3.8, 4) is 5.75 Å². The highest BCUT2D eigenvalue weighted by atomic mass is 35.5. The number of ether oxygens (including phenoxy) is 1. The molecule has 1 atom stereocenters. The molecule has 0 saturated carbocycles. The van der Waals surface area contributed by atoms with Gasteiger partial charge in [0.2, 0.25) is 5.91 Å². The van der Waals surface area contributed by atoms with Crippen LogP contribution >= 0.6 is 34.8 Å². The Hall–Kier alpha value is -1.95. The number of benzene rings is 2. The molecule has 0 unspecified atom stereocenters. The zero-order valence-electron chi connectivity index (χ0n) is 17.8. The first kappa shape index (κ1) is 25.3. The van der Waals surface area contributed by atoms with E-state index in [1.807, 2.05) is 20.8 Å². The van der Waals surface area contributed by atoms with Crippen LogP contribution in [0.1, 0.15) is 32.8 Å². The number of carbonyl (C=O) groups excluding carboxylic acids is 2. The first-order chi connectivity index (χ1) is 14.7. The summed E-state index contributed by atoms with van der Waals surface area (Å²) in [6.45, 7) is 6.42. The van der Waals surface area contributed by atoms with Crippen LogP contribution in [0.2, 0.25) is 15.1 Å². The second-order valence-corrected chi connectivity index (χ2v) is 8.83. The minimum Gasteiger partial charge on any atom is -0.484 e. The van der Waals surface area contributed by atoms with Gasteiger partial charge in [0, 0.05) is 18.1 Å². The molecule has 0 aromatic heterocycles. The maximum atomic E-state index is 13.1. The number of hydrogen-bond donors (Lipinski definition) is 1. The van der Waals surface area contributed by atoms with Crippen molar-refractivity contribution in [1.29, 1.82) is 0 Å². The molecule has 0 aliphatic rings. The summed E-state index contributed by atoms with van der Waals surface area (Å²) in [5.41, 5.74) is 0.768. The number of halogens is 3. The second kappa shape index (κ2) is 12.2. The van der Waals surface area contributed by atoms with Gasteiger partial charge in [-0.2, -0.15) is 0 Å². The second-order valence-electron chi connectivity index (χ2n) is 7.58. The summed E-state index contributed by atoms with van der Waals surface area (Å²) >= 11 is 18.0. The number of nitrogens with zero attached hydrogens (tertiary/aromatic N) is 1. The quantitative estimate of drug-likeness (QED) is 0.476. The Bertz CT molecular complexity index is 888. The fourth-order valence-corrected chi connectivity index (χ4v) is 3.38. The number of carbonyl (C=O) groups is 2. The first-order valence-corrected chi connectivity index (χ1v) is 11.2. The van der Waals surface area contributed by atoms with Gasteiger partial charge in [0.1, 0.15) is 11.8 Å². The van der Waals surface area contributed by atoms with E-state index in [9.17, 15) is 9.59 Å². The van der Waals surface area contributed by atoms with Crippen molar-refractivity contribution in [2.45, 2.75) is 39.8 Å². The Morgan fingerprint density at radius 1 is 1.03 bits per heavy atom. The van der Waals surface area contributed by atoms with Gasteiger partial charge < -0.3 is 15.0 Å². The van der Waals surface area contributed by atoms with Crippen molar-refractivity contribution in [2.75, 3.05) is 13.2 Å². The summed E-state index contributed by atoms with van der Waals surface area (Å²) in [6, 6.07) is 11.3. The lowest BCUT2D eigenvalue weighted by atomic mass is 10.1. The van der Waals surface area contributed by atoms with Gasteiger partial charge in [0.05, 0.1) is 10.0 Å². The Balaban J connectivity index is 2.21. The fraction of sp³-hybridized carbons (Fsp3) is 0.391. The summed E-state index contributed by atoms with van der Waals surface area (Å²) < 4.78 is 5.63. The zero-order chi connectivity index (χ0) is 23.0. The van der Waals surface area contributed by atoms with Crippen molar-refractivity contribution < 1.29 is 14.3 Å². The summed E-state index contributed by atoms with van der Waals surface area (Å²) in [5.74, 6) is 0.308. The van der Waals surface area contributed by atoms with Crippen LogP contribution in [0.4, 0.5) is 0 Å². The van der Waals surface area contributed by atoms with Gasteiger partial charge >= 0.3 is 0 Å². The molecule has 0 radical (unpaired) electrons. The van der Waals surface area contributed by atoms with Gasteiger partial charge in [0.25, 0.3) is 5.91 Å². The van der Waals surface area contributed by atoms with E-state index in [1.54, 1.807) is 42.5 Å². The lowest BCUT2D eigenvalue weighted by Crippen LogP contribution is -2.50. The lowest BCUT2D eigenvalue weighted by molar-refractivity contribution is -0.143.